The van der Waals surface area contributed by atoms with Gasteiger partial charge in [0.05, 0.1) is 6.54 Å². The van der Waals surface area contributed by atoms with Gasteiger partial charge in [-0.1, -0.05) is 0 Å². The number of aliphatic carboxylic acids is 1. The number of nitrogens with one attached hydrogen (secondary N) is 2. The highest BCUT2D eigenvalue weighted by atomic mass is 19.3. The molecule has 3 N–H and O–H groups in total. The lowest BCUT2D eigenvalue weighted by atomic mass is 9.77. The van der Waals surface area contributed by atoms with E-state index in [2.05, 4.69) is 5.32 Å². The predicted octanol–water partition coefficient (Wildman–Crippen LogP) is 0.558. The molecule has 0 aromatic carbocycles. The molecular formula is C8H12F2N2O3. The molecule has 0 saturated heterocycles. The Bertz CT molecular complexity index is 267. The van der Waals surface area contributed by atoms with Gasteiger partial charge >= 0.3 is 12.0 Å². The highest BCUT2D eigenvalue weighted by Gasteiger charge is 2.45. The smallest absolute Gasteiger partial charge is 0.329 e. The number of rotatable bonds is 4. The molecule has 1 aliphatic rings. The Morgan fingerprint density at radius 1 is 1.40 bits per heavy atom. The summed E-state index contributed by atoms with van der Waals surface area (Å²) in [5.74, 6) is -1.12. The third-order valence-electron chi connectivity index (χ3n) is 2.39. The first kappa shape index (κ1) is 11.7. The number of hydrogen-bond acceptors (Lipinski definition) is 2. The van der Waals surface area contributed by atoms with E-state index in [-0.39, 0.29) is 0 Å². The molecule has 0 aliphatic heterocycles. The molecule has 2 amide bonds. The highest BCUT2D eigenvalue weighted by Crippen LogP contribution is 2.31. The summed E-state index contributed by atoms with van der Waals surface area (Å²) in [5, 5.41) is 12.9. The maximum Gasteiger partial charge on any atom is 0.329 e. The third-order valence-corrected chi connectivity index (χ3v) is 2.39. The fraction of sp³-hybridized carbons (Fsp3) is 0.750. The molecule has 0 aromatic heterocycles. The lowest BCUT2D eigenvalue weighted by Gasteiger charge is -2.38. The van der Waals surface area contributed by atoms with Crippen molar-refractivity contribution in [3.8, 4) is 0 Å². The van der Waals surface area contributed by atoms with Crippen molar-refractivity contribution in [1.29, 1.82) is 0 Å². The van der Waals surface area contributed by atoms with Crippen molar-refractivity contribution in [1.82, 2.24) is 10.6 Å². The molecule has 0 heterocycles. The van der Waals surface area contributed by atoms with E-state index in [0.717, 1.165) is 0 Å². The molecule has 0 aromatic rings. The standard InChI is InChI=1S/C8H12F2N2O3/c9-5(10)4-11-7(15)12-8(6(13)14)2-1-3-8/h5H,1-4H2,(H,13,14)(H2,11,12,15). The van der Waals surface area contributed by atoms with Crippen LogP contribution in [0.15, 0.2) is 0 Å². The van der Waals surface area contributed by atoms with Crippen LogP contribution in [0.5, 0.6) is 0 Å². The molecule has 5 nitrogen and oxygen atoms in total. The van der Waals surface area contributed by atoms with Gasteiger partial charge in [0.2, 0.25) is 0 Å². The van der Waals surface area contributed by atoms with Gasteiger partial charge in [-0.05, 0) is 19.3 Å². The van der Waals surface area contributed by atoms with Crippen LogP contribution in [0, 0.1) is 0 Å². The normalized spacial score (nSPS) is 18.1. The van der Waals surface area contributed by atoms with E-state index in [4.69, 9.17) is 5.11 Å². The maximum atomic E-state index is 11.7. The summed E-state index contributed by atoms with van der Waals surface area (Å²) in [6.45, 7) is -0.776. The molecule has 86 valence electrons. The van der Waals surface area contributed by atoms with Crippen molar-refractivity contribution < 1.29 is 23.5 Å². The van der Waals surface area contributed by atoms with Crippen molar-refractivity contribution in [2.75, 3.05) is 6.54 Å². The predicted molar refractivity (Wildman–Crippen MR) is 46.8 cm³/mol. The summed E-state index contributed by atoms with van der Waals surface area (Å²) in [6.07, 6.45) is -1.26. The second-order valence-electron chi connectivity index (χ2n) is 3.47. The average Bonchev–Trinajstić information content (AvgIpc) is 2.07. The van der Waals surface area contributed by atoms with Crippen molar-refractivity contribution in [3.63, 3.8) is 0 Å². The molecule has 0 unspecified atom stereocenters. The van der Waals surface area contributed by atoms with Crippen molar-refractivity contribution in [2.45, 2.75) is 31.2 Å². The highest BCUT2D eigenvalue weighted by molar-refractivity contribution is 5.87. The van der Waals surface area contributed by atoms with Gasteiger partial charge in [0.25, 0.3) is 6.43 Å². The van der Waals surface area contributed by atoms with Crippen LogP contribution in [0.4, 0.5) is 13.6 Å². The zero-order valence-electron chi connectivity index (χ0n) is 7.93. The second-order valence-corrected chi connectivity index (χ2v) is 3.47. The SMILES string of the molecule is O=C(NCC(F)F)NC1(C(=O)O)CCC1. The zero-order valence-corrected chi connectivity index (χ0v) is 7.93. The minimum atomic E-state index is -2.64. The van der Waals surface area contributed by atoms with Gasteiger partial charge in [0.15, 0.2) is 0 Å². The first-order valence-electron chi connectivity index (χ1n) is 4.54. The fourth-order valence-corrected chi connectivity index (χ4v) is 1.35. The molecular weight excluding hydrogens is 210 g/mol. The van der Waals surface area contributed by atoms with Crippen LogP contribution in [0.25, 0.3) is 0 Å². The molecule has 1 fully saturated rings. The minimum Gasteiger partial charge on any atom is -0.480 e. The lowest BCUT2D eigenvalue weighted by molar-refractivity contribution is -0.148. The van der Waals surface area contributed by atoms with Gasteiger partial charge in [0, 0.05) is 0 Å². The Kier molecular flexibility index (Phi) is 3.43. The number of carbonyl (C=O) groups is 2. The topological polar surface area (TPSA) is 78.4 Å². The number of halogens is 2. The van der Waals surface area contributed by atoms with Gasteiger partial charge in [-0.25, -0.2) is 18.4 Å². The number of alkyl halides is 2. The number of carbonyl (C=O) groups excluding carboxylic acids is 1. The first-order valence-corrected chi connectivity index (χ1v) is 4.54. The summed E-state index contributed by atoms with van der Waals surface area (Å²) >= 11 is 0. The van der Waals surface area contributed by atoms with E-state index >= 15 is 0 Å². The molecule has 1 rings (SSSR count). The number of carboxylic acids is 1. The van der Waals surface area contributed by atoms with Crippen LogP contribution in [0.3, 0.4) is 0 Å². The van der Waals surface area contributed by atoms with E-state index in [1.165, 1.54) is 0 Å². The summed E-state index contributed by atoms with van der Waals surface area (Å²) in [4.78, 5) is 21.8. The Morgan fingerprint density at radius 2 is 2.00 bits per heavy atom. The van der Waals surface area contributed by atoms with Crippen molar-refractivity contribution in [3.05, 3.63) is 0 Å². The summed E-state index contributed by atoms with van der Waals surface area (Å²) < 4.78 is 23.4. The van der Waals surface area contributed by atoms with Crippen LogP contribution in [-0.2, 0) is 4.79 Å². The van der Waals surface area contributed by atoms with Crippen molar-refractivity contribution in [2.24, 2.45) is 0 Å². The van der Waals surface area contributed by atoms with E-state index in [1.807, 2.05) is 5.32 Å². The molecule has 1 aliphatic carbocycles. The minimum absolute atomic E-state index is 0.338. The first-order chi connectivity index (χ1) is 6.96. The van der Waals surface area contributed by atoms with E-state index in [1.54, 1.807) is 0 Å². The summed E-state index contributed by atoms with van der Waals surface area (Å²) in [6, 6.07) is -0.864. The monoisotopic (exact) mass is 222 g/mol. The number of urea groups is 1. The molecule has 0 bridgehead atoms. The van der Waals surface area contributed by atoms with Crippen LogP contribution in [0.1, 0.15) is 19.3 Å². The van der Waals surface area contributed by atoms with Gasteiger partial charge in [-0.2, -0.15) is 0 Å². The third kappa shape index (κ3) is 2.77. The van der Waals surface area contributed by atoms with E-state index in [0.29, 0.717) is 19.3 Å². The number of hydrogen-bond donors (Lipinski definition) is 3. The Balaban J connectivity index is 2.39. The molecule has 0 spiro atoms. The zero-order chi connectivity index (χ0) is 11.5. The Hall–Kier alpha value is -1.40. The van der Waals surface area contributed by atoms with Gasteiger partial charge in [-0.15, -0.1) is 0 Å². The number of amides is 2. The van der Waals surface area contributed by atoms with Gasteiger partial charge < -0.3 is 15.7 Å². The molecule has 15 heavy (non-hydrogen) atoms. The van der Waals surface area contributed by atoms with Crippen molar-refractivity contribution >= 4 is 12.0 Å². The molecule has 1 saturated carbocycles. The maximum absolute atomic E-state index is 11.7. The lowest BCUT2D eigenvalue weighted by Crippen LogP contribution is -2.61. The van der Waals surface area contributed by atoms with E-state index in [9.17, 15) is 18.4 Å². The second kappa shape index (κ2) is 4.41. The molecule has 0 atom stereocenters. The Labute approximate surface area is 84.8 Å². The quantitative estimate of drug-likeness (QED) is 0.650. The van der Waals surface area contributed by atoms with Gasteiger partial charge in [0.1, 0.15) is 5.54 Å². The van der Waals surface area contributed by atoms with E-state index < -0.39 is 30.5 Å². The average molecular weight is 222 g/mol. The van der Waals surface area contributed by atoms with Crippen LogP contribution in [0.2, 0.25) is 0 Å². The largest absolute Gasteiger partial charge is 0.480 e. The Morgan fingerprint density at radius 3 is 2.33 bits per heavy atom. The van der Waals surface area contributed by atoms with Crippen LogP contribution in [-0.4, -0.2) is 35.6 Å². The van der Waals surface area contributed by atoms with Crippen LogP contribution < -0.4 is 10.6 Å². The van der Waals surface area contributed by atoms with Crippen LogP contribution >= 0.6 is 0 Å². The molecule has 0 radical (unpaired) electrons. The summed E-state index contributed by atoms with van der Waals surface area (Å²) in [7, 11) is 0. The molecule has 7 heteroatoms. The van der Waals surface area contributed by atoms with Gasteiger partial charge in [-0.3, -0.25) is 0 Å². The summed E-state index contributed by atoms with van der Waals surface area (Å²) in [5.41, 5.74) is -1.26. The fourth-order valence-electron chi connectivity index (χ4n) is 1.35. The number of carboxylic acid groups (broad SMARTS) is 1.